The summed E-state index contributed by atoms with van der Waals surface area (Å²) in [5.41, 5.74) is -0.343. The first-order chi connectivity index (χ1) is 9.92. The highest BCUT2D eigenvalue weighted by atomic mass is 19.1. The fourth-order valence-corrected chi connectivity index (χ4v) is 2.21. The summed E-state index contributed by atoms with van der Waals surface area (Å²) < 4.78 is 31.6. The first-order valence-corrected chi connectivity index (χ1v) is 6.20. The third-order valence-corrected chi connectivity index (χ3v) is 3.31. The molecule has 1 heterocycles. The molecular formula is C13H14F2N2O4. The van der Waals surface area contributed by atoms with E-state index in [0.717, 1.165) is 23.1 Å². The predicted molar refractivity (Wildman–Crippen MR) is 68.9 cm³/mol. The number of anilines is 1. The minimum absolute atomic E-state index is 0.0657. The van der Waals surface area contributed by atoms with E-state index in [-0.39, 0.29) is 18.7 Å². The highest BCUT2D eigenvalue weighted by Gasteiger charge is 2.40. The fraction of sp³-hybridized carbons (Fsp3) is 0.385. The van der Waals surface area contributed by atoms with Crippen LogP contribution in [0.3, 0.4) is 0 Å². The van der Waals surface area contributed by atoms with Crippen LogP contribution in [0.5, 0.6) is 0 Å². The van der Waals surface area contributed by atoms with Crippen LogP contribution in [0, 0.1) is 11.6 Å². The van der Waals surface area contributed by atoms with E-state index in [1.165, 1.54) is 7.11 Å². The average Bonchev–Trinajstić information content (AvgIpc) is 2.87. The van der Waals surface area contributed by atoms with Gasteiger partial charge >= 0.3 is 12.0 Å². The number of carbonyl (C=O) groups excluding carboxylic acids is 1. The summed E-state index contributed by atoms with van der Waals surface area (Å²) in [6, 6.07) is 0.744. The Morgan fingerprint density at radius 3 is 2.76 bits per heavy atom. The van der Waals surface area contributed by atoms with Gasteiger partial charge in [0.25, 0.3) is 0 Å². The molecule has 114 valence electrons. The summed E-state index contributed by atoms with van der Waals surface area (Å²) in [6.45, 7) is 0.0657. The molecule has 1 aromatic rings. The summed E-state index contributed by atoms with van der Waals surface area (Å²) in [4.78, 5) is 24.2. The zero-order chi connectivity index (χ0) is 15.6. The quantitative estimate of drug-likeness (QED) is 0.890. The number of urea groups is 1. The minimum Gasteiger partial charge on any atom is -0.480 e. The van der Waals surface area contributed by atoms with E-state index in [1.807, 2.05) is 0 Å². The Labute approximate surface area is 119 Å². The normalized spacial score (nSPS) is 21.4. The smallest absolute Gasteiger partial charge is 0.326 e. The molecule has 2 rings (SSSR count). The number of nitrogens with one attached hydrogen (secondary N) is 1. The minimum atomic E-state index is -1.18. The molecule has 0 aromatic heterocycles. The first kappa shape index (κ1) is 15.2. The molecular weight excluding hydrogens is 286 g/mol. The van der Waals surface area contributed by atoms with Crippen LogP contribution in [0.15, 0.2) is 18.2 Å². The molecule has 2 amide bonds. The molecule has 0 aliphatic carbocycles. The highest BCUT2D eigenvalue weighted by Crippen LogP contribution is 2.22. The van der Waals surface area contributed by atoms with E-state index in [1.54, 1.807) is 0 Å². The van der Waals surface area contributed by atoms with Crippen molar-refractivity contribution < 1.29 is 28.2 Å². The first-order valence-electron chi connectivity index (χ1n) is 6.20. The molecule has 1 aliphatic rings. The number of benzene rings is 1. The number of carboxylic acids is 1. The number of likely N-dealkylation sites (tertiary alicyclic amines) is 1. The third-order valence-electron chi connectivity index (χ3n) is 3.31. The second kappa shape index (κ2) is 6.04. The largest absolute Gasteiger partial charge is 0.480 e. The monoisotopic (exact) mass is 300 g/mol. The molecule has 0 bridgehead atoms. The summed E-state index contributed by atoms with van der Waals surface area (Å²) in [5.74, 6) is -2.69. The number of ether oxygens (including phenoxy) is 1. The van der Waals surface area contributed by atoms with Crippen molar-refractivity contribution in [1.29, 1.82) is 0 Å². The van der Waals surface area contributed by atoms with Crippen LogP contribution >= 0.6 is 0 Å². The Morgan fingerprint density at radius 1 is 1.43 bits per heavy atom. The van der Waals surface area contributed by atoms with Gasteiger partial charge in [-0.1, -0.05) is 0 Å². The van der Waals surface area contributed by atoms with Crippen molar-refractivity contribution in [3.8, 4) is 0 Å². The van der Waals surface area contributed by atoms with Crippen molar-refractivity contribution in [2.75, 3.05) is 19.0 Å². The molecule has 0 spiro atoms. The second-order valence-corrected chi connectivity index (χ2v) is 4.65. The van der Waals surface area contributed by atoms with Gasteiger partial charge in [0.15, 0.2) is 0 Å². The van der Waals surface area contributed by atoms with Crippen LogP contribution in [0.2, 0.25) is 0 Å². The summed E-state index contributed by atoms with van der Waals surface area (Å²) in [6.07, 6.45) is -0.264. The summed E-state index contributed by atoms with van der Waals surface area (Å²) in [5, 5.41) is 11.3. The van der Waals surface area contributed by atoms with Crippen LogP contribution in [0.25, 0.3) is 0 Å². The SMILES string of the molecule is COC1CC(C(=O)O)N(C(=O)Nc2cc(F)ccc2F)C1. The maximum absolute atomic E-state index is 13.5. The van der Waals surface area contributed by atoms with Gasteiger partial charge in [-0.05, 0) is 12.1 Å². The maximum atomic E-state index is 13.5. The molecule has 2 unspecified atom stereocenters. The van der Waals surface area contributed by atoms with Gasteiger partial charge in [-0.15, -0.1) is 0 Å². The number of methoxy groups -OCH3 is 1. The van der Waals surface area contributed by atoms with Gasteiger partial charge in [-0.2, -0.15) is 0 Å². The predicted octanol–water partition coefficient (Wildman–Crippen LogP) is 1.67. The molecule has 8 heteroatoms. The van der Waals surface area contributed by atoms with Crippen LogP contribution < -0.4 is 5.32 Å². The van der Waals surface area contributed by atoms with E-state index >= 15 is 0 Å². The average molecular weight is 300 g/mol. The van der Waals surface area contributed by atoms with Crippen LogP contribution in [0.4, 0.5) is 19.3 Å². The van der Waals surface area contributed by atoms with E-state index < -0.39 is 35.8 Å². The molecule has 1 saturated heterocycles. The lowest BCUT2D eigenvalue weighted by molar-refractivity contribution is -0.141. The van der Waals surface area contributed by atoms with Crippen LogP contribution in [0.1, 0.15) is 6.42 Å². The lowest BCUT2D eigenvalue weighted by Gasteiger charge is -2.21. The highest BCUT2D eigenvalue weighted by molar-refractivity contribution is 5.92. The van der Waals surface area contributed by atoms with Gasteiger partial charge in [0.05, 0.1) is 11.8 Å². The zero-order valence-electron chi connectivity index (χ0n) is 11.2. The summed E-state index contributed by atoms with van der Waals surface area (Å²) >= 11 is 0. The molecule has 0 radical (unpaired) electrons. The number of hydrogen-bond donors (Lipinski definition) is 2. The van der Waals surface area contributed by atoms with Gasteiger partial charge in [0.1, 0.15) is 17.7 Å². The van der Waals surface area contributed by atoms with Crippen molar-refractivity contribution in [3.63, 3.8) is 0 Å². The molecule has 2 atom stereocenters. The molecule has 1 aromatic carbocycles. The number of rotatable bonds is 3. The number of amides is 2. The van der Waals surface area contributed by atoms with Crippen LogP contribution in [-0.2, 0) is 9.53 Å². The number of aliphatic carboxylic acids is 1. The Balaban J connectivity index is 2.15. The number of carbonyl (C=O) groups is 2. The molecule has 6 nitrogen and oxygen atoms in total. The molecule has 21 heavy (non-hydrogen) atoms. The number of hydrogen-bond acceptors (Lipinski definition) is 3. The number of halogens is 2. The standard InChI is InChI=1S/C13H14F2N2O4/c1-21-8-5-11(12(18)19)17(6-8)13(20)16-10-4-7(14)2-3-9(10)15/h2-4,8,11H,5-6H2,1H3,(H,16,20)(H,18,19). The second-order valence-electron chi connectivity index (χ2n) is 4.65. The molecule has 1 fully saturated rings. The number of nitrogens with zero attached hydrogens (tertiary/aromatic N) is 1. The van der Waals surface area contributed by atoms with Crippen molar-refractivity contribution in [1.82, 2.24) is 4.90 Å². The van der Waals surface area contributed by atoms with E-state index in [9.17, 15) is 18.4 Å². The lowest BCUT2D eigenvalue weighted by Crippen LogP contribution is -2.43. The van der Waals surface area contributed by atoms with Crippen molar-refractivity contribution >= 4 is 17.7 Å². The Bertz CT molecular complexity index is 567. The van der Waals surface area contributed by atoms with E-state index in [4.69, 9.17) is 9.84 Å². The lowest BCUT2D eigenvalue weighted by atomic mass is 10.2. The Kier molecular flexibility index (Phi) is 4.37. The Morgan fingerprint density at radius 2 is 2.14 bits per heavy atom. The third kappa shape index (κ3) is 3.27. The topological polar surface area (TPSA) is 78.9 Å². The van der Waals surface area contributed by atoms with Gasteiger partial charge in [-0.25, -0.2) is 18.4 Å². The fourth-order valence-electron chi connectivity index (χ4n) is 2.21. The van der Waals surface area contributed by atoms with E-state index in [2.05, 4.69) is 5.32 Å². The number of carboxylic acid groups (broad SMARTS) is 1. The summed E-state index contributed by atoms with van der Waals surface area (Å²) in [7, 11) is 1.41. The van der Waals surface area contributed by atoms with Crippen molar-refractivity contribution in [2.24, 2.45) is 0 Å². The van der Waals surface area contributed by atoms with Gasteiger partial charge in [0.2, 0.25) is 0 Å². The molecule has 0 saturated carbocycles. The van der Waals surface area contributed by atoms with Gasteiger partial charge in [-0.3, -0.25) is 0 Å². The maximum Gasteiger partial charge on any atom is 0.326 e. The van der Waals surface area contributed by atoms with Crippen molar-refractivity contribution in [3.05, 3.63) is 29.8 Å². The zero-order valence-corrected chi connectivity index (χ0v) is 11.2. The van der Waals surface area contributed by atoms with Crippen LogP contribution in [-0.4, -0.2) is 47.8 Å². The van der Waals surface area contributed by atoms with Crippen molar-refractivity contribution in [2.45, 2.75) is 18.6 Å². The Hall–Kier alpha value is -2.22. The van der Waals surface area contributed by atoms with Gasteiger partial charge < -0.3 is 20.1 Å². The molecule has 1 aliphatic heterocycles. The van der Waals surface area contributed by atoms with E-state index in [0.29, 0.717) is 0 Å². The molecule has 2 N–H and O–H groups in total. The van der Waals surface area contributed by atoms with Gasteiger partial charge in [0, 0.05) is 26.1 Å².